The van der Waals surface area contributed by atoms with E-state index < -0.39 is 36.0 Å². The van der Waals surface area contributed by atoms with Crippen LogP contribution < -0.4 is 0 Å². The Bertz CT molecular complexity index is 431. The molecule has 0 aromatic rings. The largest absolute Gasteiger partial charge is 0.481 e. The van der Waals surface area contributed by atoms with Gasteiger partial charge < -0.3 is 10.2 Å². The number of carbonyl (C=O) groups is 3. The van der Waals surface area contributed by atoms with E-state index in [4.69, 9.17) is 10.2 Å². The van der Waals surface area contributed by atoms with Gasteiger partial charge in [-0.05, 0) is 18.6 Å². The van der Waals surface area contributed by atoms with Crippen molar-refractivity contribution in [2.45, 2.75) is 19.8 Å². The number of hydrogen-bond donors (Lipinski definition) is 2. The van der Waals surface area contributed by atoms with Crippen LogP contribution in [-0.2, 0) is 14.4 Å². The Morgan fingerprint density at radius 1 is 1.29 bits per heavy atom. The number of aliphatic carboxylic acids is 2. The van der Waals surface area contributed by atoms with E-state index in [1.807, 2.05) is 0 Å². The average Bonchev–Trinajstić information content (AvgIpc) is 2.11. The lowest BCUT2D eigenvalue weighted by atomic mass is 9.72. The van der Waals surface area contributed by atoms with Gasteiger partial charge in [0.15, 0.2) is 5.78 Å². The van der Waals surface area contributed by atoms with Crippen LogP contribution in [0.2, 0.25) is 0 Å². The highest BCUT2D eigenvalue weighted by Crippen LogP contribution is 2.38. The number of ketones is 1. The Morgan fingerprint density at radius 2 is 1.76 bits per heavy atom. The topological polar surface area (TPSA) is 91.7 Å². The summed E-state index contributed by atoms with van der Waals surface area (Å²) in [5, 5.41) is 17.6. The van der Waals surface area contributed by atoms with Gasteiger partial charge in [0.25, 0.3) is 0 Å². The maximum atomic E-state index is 12.0. The van der Waals surface area contributed by atoms with Crippen molar-refractivity contribution in [1.29, 1.82) is 0 Å². The van der Waals surface area contributed by atoms with E-state index in [2.05, 4.69) is 15.9 Å². The molecule has 0 atom stereocenters. The van der Waals surface area contributed by atoms with Crippen molar-refractivity contribution in [2.75, 3.05) is 0 Å². The zero-order chi connectivity index (χ0) is 13.2. The number of hydrogen-bond acceptors (Lipinski definition) is 3. The first-order valence-electron chi connectivity index (χ1n) is 4.82. The van der Waals surface area contributed by atoms with E-state index in [1.165, 1.54) is 13.0 Å². The van der Waals surface area contributed by atoms with Crippen molar-refractivity contribution in [2.24, 2.45) is 5.41 Å². The van der Waals surface area contributed by atoms with Crippen molar-refractivity contribution in [1.82, 2.24) is 0 Å². The highest BCUT2D eigenvalue weighted by Gasteiger charge is 2.42. The first-order chi connectivity index (χ1) is 7.77. The molecule has 1 aliphatic rings. The van der Waals surface area contributed by atoms with Crippen LogP contribution in [0.25, 0.3) is 0 Å². The van der Waals surface area contributed by atoms with Crippen LogP contribution in [0, 0.1) is 5.41 Å². The zero-order valence-corrected chi connectivity index (χ0v) is 10.7. The van der Waals surface area contributed by atoms with Crippen LogP contribution in [-0.4, -0.2) is 27.9 Å². The third kappa shape index (κ3) is 3.03. The highest BCUT2D eigenvalue weighted by atomic mass is 79.9. The van der Waals surface area contributed by atoms with E-state index in [-0.39, 0.29) is 0 Å². The first kappa shape index (κ1) is 13.6. The molecule has 6 heteroatoms. The van der Waals surface area contributed by atoms with Crippen LogP contribution in [0.5, 0.6) is 0 Å². The van der Waals surface area contributed by atoms with Gasteiger partial charge in [0.2, 0.25) is 0 Å². The number of Topliss-reactive ketones (excluding diaryl/α,β-unsaturated/α-hetero) is 1. The summed E-state index contributed by atoms with van der Waals surface area (Å²) in [7, 11) is 0. The smallest absolute Gasteiger partial charge is 0.304 e. The minimum Gasteiger partial charge on any atom is -0.481 e. The van der Waals surface area contributed by atoms with E-state index >= 15 is 0 Å². The number of halogens is 1. The lowest BCUT2D eigenvalue weighted by Gasteiger charge is -2.29. The summed E-state index contributed by atoms with van der Waals surface area (Å²) in [5.41, 5.74) is -1.14. The van der Waals surface area contributed by atoms with E-state index in [0.29, 0.717) is 10.1 Å². The fraction of sp³-hybridized carbons (Fsp3) is 0.364. The predicted octanol–water partition coefficient (Wildman–Crippen LogP) is 1.73. The fourth-order valence-electron chi connectivity index (χ4n) is 1.90. The molecule has 92 valence electrons. The SMILES string of the molecule is CC1=CC(Br)=CC(CC(=O)O)(CC(=O)O)C1=O. The van der Waals surface area contributed by atoms with Crippen molar-refractivity contribution in [3.8, 4) is 0 Å². The molecule has 0 heterocycles. The summed E-state index contributed by atoms with van der Waals surface area (Å²) >= 11 is 3.16. The van der Waals surface area contributed by atoms with Gasteiger partial charge in [-0.3, -0.25) is 14.4 Å². The second-order valence-electron chi connectivity index (χ2n) is 3.98. The quantitative estimate of drug-likeness (QED) is 0.825. The monoisotopic (exact) mass is 302 g/mol. The van der Waals surface area contributed by atoms with Gasteiger partial charge in [-0.1, -0.05) is 22.0 Å². The summed E-state index contributed by atoms with van der Waals surface area (Å²) in [6.45, 7) is 1.54. The van der Waals surface area contributed by atoms with Gasteiger partial charge in [-0.2, -0.15) is 0 Å². The van der Waals surface area contributed by atoms with Gasteiger partial charge in [-0.15, -0.1) is 0 Å². The second-order valence-corrected chi connectivity index (χ2v) is 4.90. The van der Waals surface area contributed by atoms with Gasteiger partial charge in [-0.25, -0.2) is 0 Å². The molecule has 0 fully saturated rings. The van der Waals surface area contributed by atoms with Crippen LogP contribution in [0.1, 0.15) is 19.8 Å². The lowest BCUT2D eigenvalue weighted by molar-refractivity contribution is -0.146. The standard InChI is InChI=1S/C11H11BrO5/c1-6-2-7(12)3-11(10(6)17,4-8(13)14)5-9(15)16/h2-3H,4-5H2,1H3,(H,13,14)(H,15,16). The van der Waals surface area contributed by atoms with Gasteiger partial charge >= 0.3 is 11.9 Å². The Balaban J connectivity index is 3.22. The van der Waals surface area contributed by atoms with Crippen molar-refractivity contribution < 1.29 is 24.6 Å². The second kappa shape index (κ2) is 4.83. The van der Waals surface area contributed by atoms with Crippen LogP contribution in [0.15, 0.2) is 22.2 Å². The molecule has 0 saturated heterocycles. The maximum Gasteiger partial charge on any atom is 0.304 e. The normalized spacial score (nSPS) is 18.4. The highest BCUT2D eigenvalue weighted by molar-refractivity contribution is 9.11. The Kier molecular flexibility index (Phi) is 3.87. The predicted molar refractivity (Wildman–Crippen MR) is 62.7 cm³/mol. The Labute approximate surface area is 106 Å². The third-order valence-electron chi connectivity index (χ3n) is 2.51. The number of carboxylic acids is 2. The molecule has 0 saturated carbocycles. The first-order valence-corrected chi connectivity index (χ1v) is 5.61. The molecule has 0 aliphatic heterocycles. The minimum absolute atomic E-state index is 0.349. The minimum atomic E-state index is -1.49. The zero-order valence-electron chi connectivity index (χ0n) is 9.07. The average molecular weight is 303 g/mol. The van der Waals surface area contributed by atoms with Gasteiger partial charge in [0.1, 0.15) is 0 Å². The summed E-state index contributed by atoms with van der Waals surface area (Å²) in [4.78, 5) is 33.6. The number of rotatable bonds is 4. The summed E-state index contributed by atoms with van der Waals surface area (Å²) in [5.74, 6) is -2.86. The number of carbonyl (C=O) groups excluding carboxylic acids is 1. The molecule has 0 unspecified atom stereocenters. The fourth-order valence-corrected chi connectivity index (χ4v) is 2.68. The Hall–Kier alpha value is -1.43. The van der Waals surface area contributed by atoms with E-state index in [9.17, 15) is 14.4 Å². The molecule has 0 aromatic carbocycles. The molecule has 17 heavy (non-hydrogen) atoms. The number of allylic oxidation sites excluding steroid dienone is 4. The van der Waals surface area contributed by atoms with Crippen molar-refractivity contribution in [3.05, 3.63) is 22.2 Å². The molecule has 5 nitrogen and oxygen atoms in total. The number of carboxylic acid groups (broad SMARTS) is 2. The maximum absolute atomic E-state index is 12.0. The van der Waals surface area contributed by atoms with E-state index in [0.717, 1.165) is 0 Å². The van der Waals surface area contributed by atoms with Crippen LogP contribution in [0.3, 0.4) is 0 Å². The summed E-state index contributed by atoms with van der Waals surface area (Å²) in [6.07, 6.45) is 1.85. The van der Waals surface area contributed by atoms with Crippen molar-refractivity contribution >= 4 is 33.7 Å². The van der Waals surface area contributed by atoms with E-state index in [1.54, 1.807) is 6.08 Å². The molecule has 0 amide bonds. The van der Waals surface area contributed by atoms with Gasteiger partial charge in [0, 0.05) is 4.48 Å². The van der Waals surface area contributed by atoms with Crippen LogP contribution in [0.4, 0.5) is 0 Å². The summed E-state index contributed by atoms with van der Waals surface area (Å²) in [6, 6.07) is 0. The summed E-state index contributed by atoms with van der Waals surface area (Å²) < 4.78 is 0.525. The molecule has 0 aromatic heterocycles. The Morgan fingerprint density at radius 3 is 2.18 bits per heavy atom. The molecular weight excluding hydrogens is 292 g/mol. The van der Waals surface area contributed by atoms with Crippen LogP contribution >= 0.6 is 15.9 Å². The molecular formula is C11H11BrO5. The third-order valence-corrected chi connectivity index (χ3v) is 2.97. The molecule has 1 aliphatic carbocycles. The molecule has 0 radical (unpaired) electrons. The molecule has 2 N–H and O–H groups in total. The molecule has 0 spiro atoms. The van der Waals surface area contributed by atoms with Crippen molar-refractivity contribution in [3.63, 3.8) is 0 Å². The molecule has 1 rings (SSSR count). The lowest BCUT2D eigenvalue weighted by Crippen LogP contribution is -2.36. The molecule has 0 bridgehead atoms. The van der Waals surface area contributed by atoms with Gasteiger partial charge in [0.05, 0.1) is 18.3 Å².